The molecule has 3 heterocycles. The fraction of sp³-hybridized carbons (Fsp3) is 0.333. The summed E-state index contributed by atoms with van der Waals surface area (Å²) in [6.45, 7) is 4.71. The Balaban J connectivity index is 1.21. The van der Waals surface area contributed by atoms with Gasteiger partial charge in [0, 0.05) is 63.4 Å². The van der Waals surface area contributed by atoms with E-state index in [4.69, 9.17) is 4.74 Å². The summed E-state index contributed by atoms with van der Waals surface area (Å²) in [4.78, 5) is 49.0. The van der Waals surface area contributed by atoms with Crippen LogP contribution in [0.25, 0.3) is 5.69 Å². The van der Waals surface area contributed by atoms with E-state index in [1.807, 2.05) is 4.90 Å². The van der Waals surface area contributed by atoms with Crippen molar-refractivity contribution in [2.24, 2.45) is 0 Å². The Morgan fingerprint density at radius 3 is 2.56 bits per heavy atom. The SMILES string of the molecule is CCOC(=O)c1ccn(-c2cccc(NC(=O)NCCC(=O)N3CCN(c4ncccn4)CC3)c2)n1. The topological polar surface area (TPSA) is 135 Å². The molecule has 1 aromatic carbocycles. The van der Waals surface area contributed by atoms with Crippen molar-refractivity contribution >= 4 is 29.5 Å². The number of anilines is 2. The molecule has 0 unspecified atom stereocenters. The van der Waals surface area contributed by atoms with E-state index < -0.39 is 12.0 Å². The first-order valence-electron chi connectivity index (χ1n) is 11.7. The van der Waals surface area contributed by atoms with Gasteiger partial charge in [-0.1, -0.05) is 6.07 Å². The molecule has 0 saturated carbocycles. The minimum Gasteiger partial charge on any atom is -0.461 e. The highest BCUT2D eigenvalue weighted by atomic mass is 16.5. The lowest BCUT2D eigenvalue weighted by molar-refractivity contribution is -0.131. The van der Waals surface area contributed by atoms with Crippen LogP contribution in [-0.4, -0.2) is 81.9 Å². The smallest absolute Gasteiger partial charge is 0.358 e. The first-order valence-corrected chi connectivity index (χ1v) is 11.7. The molecule has 36 heavy (non-hydrogen) atoms. The van der Waals surface area contributed by atoms with Gasteiger partial charge >= 0.3 is 12.0 Å². The molecule has 2 aromatic heterocycles. The Kier molecular flexibility index (Phi) is 8.06. The summed E-state index contributed by atoms with van der Waals surface area (Å²) in [5.41, 5.74) is 1.41. The fourth-order valence-corrected chi connectivity index (χ4v) is 3.73. The average molecular weight is 493 g/mol. The lowest BCUT2D eigenvalue weighted by Gasteiger charge is -2.34. The van der Waals surface area contributed by atoms with Crippen LogP contribution in [0, 0.1) is 0 Å². The van der Waals surface area contributed by atoms with E-state index in [1.165, 1.54) is 4.68 Å². The van der Waals surface area contributed by atoms with Crippen molar-refractivity contribution in [1.29, 1.82) is 0 Å². The van der Waals surface area contributed by atoms with Gasteiger partial charge in [0.25, 0.3) is 0 Å². The van der Waals surface area contributed by atoms with Crippen molar-refractivity contribution < 1.29 is 19.1 Å². The minimum atomic E-state index is -0.494. The zero-order valence-electron chi connectivity index (χ0n) is 20.0. The van der Waals surface area contributed by atoms with E-state index in [0.29, 0.717) is 43.5 Å². The molecule has 2 N–H and O–H groups in total. The fourth-order valence-electron chi connectivity index (χ4n) is 3.73. The molecule has 188 valence electrons. The van der Waals surface area contributed by atoms with Crippen molar-refractivity contribution in [3.63, 3.8) is 0 Å². The number of hydrogen-bond acceptors (Lipinski definition) is 8. The number of carbonyl (C=O) groups excluding carboxylic acids is 3. The van der Waals surface area contributed by atoms with Crippen LogP contribution in [0.3, 0.4) is 0 Å². The van der Waals surface area contributed by atoms with Crippen LogP contribution < -0.4 is 15.5 Å². The molecule has 0 spiro atoms. The van der Waals surface area contributed by atoms with Gasteiger partial charge in [-0.2, -0.15) is 5.10 Å². The summed E-state index contributed by atoms with van der Waals surface area (Å²) in [5.74, 6) is 0.160. The molecule has 3 amide bonds. The summed E-state index contributed by atoms with van der Waals surface area (Å²) >= 11 is 0. The Labute approximate surface area is 208 Å². The maximum atomic E-state index is 12.5. The van der Waals surface area contributed by atoms with E-state index in [9.17, 15) is 14.4 Å². The van der Waals surface area contributed by atoms with Gasteiger partial charge in [-0.05, 0) is 37.3 Å². The number of benzene rings is 1. The summed E-state index contributed by atoms with van der Waals surface area (Å²) in [6.07, 6.45) is 5.25. The molecule has 1 aliphatic rings. The number of esters is 1. The second-order valence-electron chi connectivity index (χ2n) is 7.96. The monoisotopic (exact) mass is 492 g/mol. The lowest BCUT2D eigenvalue weighted by atomic mass is 10.2. The third-order valence-corrected chi connectivity index (χ3v) is 5.53. The van der Waals surface area contributed by atoms with Crippen molar-refractivity contribution in [2.75, 3.05) is 49.5 Å². The zero-order chi connectivity index (χ0) is 25.3. The molecule has 3 aromatic rings. The Morgan fingerprint density at radius 2 is 1.81 bits per heavy atom. The second-order valence-corrected chi connectivity index (χ2v) is 7.96. The van der Waals surface area contributed by atoms with Crippen molar-refractivity contribution in [2.45, 2.75) is 13.3 Å². The highest BCUT2D eigenvalue weighted by Crippen LogP contribution is 2.15. The molecule has 12 heteroatoms. The number of amides is 3. The quantitative estimate of drug-likeness (QED) is 0.454. The third kappa shape index (κ3) is 6.34. The molecule has 0 bridgehead atoms. The molecular formula is C24H28N8O4. The van der Waals surface area contributed by atoms with Crippen LogP contribution in [-0.2, 0) is 9.53 Å². The van der Waals surface area contributed by atoms with Crippen LogP contribution in [0.2, 0.25) is 0 Å². The first-order chi connectivity index (χ1) is 17.5. The molecule has 12 nitrogen and oxygen atoms in total. The Hall–Kier alpha value is -4.48. The predicted molar refractivity (Wildman–Crippen MR) is 132 cm³/mol. The highest BCUT2D eigenvalue weighted by molar-refractivity contribution is 5.90. The number of carbonyl (C=O) groups is 3. The maximum absolute atomic E-state index is 12.5. The number of hydrogen-bond donors (Lipinski definition) is 2. The average Bonchev–Trinajstić information content (AvgIpc) is 3.40. The summed E-state index contributed by atoms with van der Waals surface area (Å²) in [5, 5.41) is 9.68. The van der Waals surface area contributed by atoms with Crippen LogP contribution in [0.5, 0.6) is 0 Å². The number of urea groups is 1. The van der Waals surface area contributed by atoms with Crippen molar-refractivity contribution in [3.8, 4) is 5.69 Å². The summed E-state index contributed by atoms with van der Waals surface area (Å²) in [7, 11) is 0. The highest BCUT2D eigenvalue weighted by Gasteiger charge is 2.22. The molecule has 1 aliphatic heterocycles. The third-order valence-electron chi connectivity index (χ3n) is 5.53. The normalized spacial score (nSPS) is 13.2. The molecule has 0 atom stereocenters. The standard InChI is InChI=1S/C24H28N8O4/c1-2-36-22(34)20-8-12-32(29-20)19-6-3-5-18(17-19)28-24(35)27-11-7-21(33)30-13-15-31(16-14-30)23-25-9-4-10-26-23/h3-6,8-10,12,17H,2,7,11,13-16H2,1H3,(H2,27,28,35). The molecule has 4 rings (SSSR count). The van der Waals surface area contributed by atoms with Gasteiger partial charge in [-0.3, -0.25) is 4.79 Å². The van der Waals surface area contributed by atoms with Crippen LogP contribution in [0.15, 0.2) is 55.0 Å². The predicted octanol–water partition coefficient (Wildman–Crippen LogP) is 1.70. The second kappa shape index (κ2) is 11.8. The van der Waals surface area contributed by atoms with E-state index in [0.717, 1.165) is 0 Å². The number of nitrogens with zero attached hydrogens (tertiary/aromatic N) is 6. The van der Waals surface area contributed by atoms with Gasteiger partial charge in [0.05, 0.1) is 12.3 Å². The lowest BCUT2D eigenvalue weighted by Crippen LogP contribution is -2.49. The van der Waals surface area contributed by atoms with E-state index >= 15 is 0 Å². The number of nitrogens with one attached hydrogen (secondary N) is 2. The molecule has 0 aliphatic carbocycles. The van der Waals surface area contributed by atoms with E-state index in [1.54, 1.807) is 66.8 Å². The van der Waals surface area contributed by atoms with Gasteiger partial charge in [-0.25, -0.2) is 24.2 Å². The van der Waals surface area contributed by atoms with Gasteiger partial charge in [0.2, 0.25) is 11.9 Å². The number of rotatable bonds is 8. The molecule has 0 radical (unpaired) electrons. The minimum absolute atomic E-state index is 0.0120. The van der Waals surface area contributed by atoms with Gasteiger partial charge in [-0.15, -0.1) is 0 Å². The van der Waals surface area contributed by atoms with Crippen LogP contribution in [0.4, 0.5) is 16.4 Å². The van der Waals surface area contributed by atoms with Gasteiger partial charge in [0.15, 0.2) is 5.69 Å². The first kappa shape index (κ1) is 24.6. The van der Waals surface area contributed by atoms with Gasteiger partial charge < -0.3 is 25.2 Å². The van der Waals surface area contributed by atoms with Crippen molar-refractivity contribution in [3.05, 3.63) is 60.7 Å². The maximum Gasteiger partial charge on any atom is 0.358 e. The Bertz CT molecular complexity index is 1190. The van der Waals surface area contributed by atoms with Crippen LogP contribution >= 0.6 is 0 Å². The van der Waals surface area contributed by atoms with Crippen molar-refractivity contribution in [1.82, 2.24) is 30.0 Å². The molecular weight excluding hydrogens is 464 g/mol. The Morgan fingerprint density at radius 1 is 1.03 bits per heavy atom. The van der Waals surface area contributed by atoms with Crippen LogP contribution in [0.1, 0.15) is 23.8 Å². The molecule has 1 saturated heterocycles. The largest absolute Gasteiger partial charge is 0.461 e. The number of ether oxygens (including phenoxy) is 1. The van der Waals surface area contributed by atoms with Gasteiger partial charge in [0.1, 0.15) is 0 Å². The molecule has 1 fully saturated rings. The number of piperazine rings is 1. The zero-order valence-corrected chi connectivity index (χ0v) is 20.0. The summed E-state index contributed by atoms with van der Waals surface area (Å²) < 4.78 is 6.48. The summed E-state index contributed by atoms with van der Waals surface area (Å²) in [6, 6.07) is 9.94. The number of aromatic nitrogens is 4. The van der Waals surface area contributed by atoms with E-state index in [2.05, 4.69) is 25.7 Å². The van der Waals surface area contributed by atoms with E-state index in [-0.39, 0.29) is 31.2 Å².